The van der Waals surface area contributed by atoms with Gasteiger partial charge in [-0.15, -0.1) is 0 Å². The van der Waals surface area contributed by atoms with Crippen LogP contribution in [0.2, 0.25) is 0 Å². The number of benzene rings is 3. The molecule has 0 radical (unpaired) electrons. The molecule has 0 spiro atoms. The van der Waals surface area contributed by atoms with Gasteiger partial charge in [-0.25, -0.2) is 9.36 Å². The summed E-state index contributed by atoms with van der Waals surface area (Å²) in [5.74, 6) is -0.0242. The number of hydrogen-bond acceptors (Lipinski definition) is 5. The van der Waals surface area contributed by atoms with Gasteiger partial charge in [-0.3, -0.25) is 0 Å². The van der Waals surface area contributed by atoms with Gasteiger partial charge >= 0.3 is 72.9 Å². The quantitative estimate of drug-likeness (QED) is 0.208. The van der Waals surface area contributed by atoms with Crippen molar-refractivity contribution in [1.82, 2.24) is 0 Å². The molecule has 11 heteroatoms. The minimum absolute atomic E-state index is 0. The Balaban J connectivity index is 0.000000707. The topological polar surface area (TPSA) is 145 Å². The number of carbonyl (C=O) groups excluding carboxylic acids is 1. The van der Waals surface area contributed by atoms with Gasteiger partial charge in [0.2, 0.25) is 0 Å². The number of phosphoric acid groups is 1. The summed E-state index contributed by atoms with van der Waals surface area (Å²) in [6.07, 6.45) is 0. The Bertz CT molecular complexity index is 1150. The van der Waals surface area contributed by atoms with E-state index in [1.807, 2.05) is 24.3 Å². The first-order valence-electron chi connectivity index (χ1n) is 9.15. The van der Waals surface area contributed by atoms with E-state index in [1.165, 1.54) is 0 Å². The number of cyclic esters (lactones) is 1. The van der Waals surface area contributed by atoms with Gasteiger partial charge in [-0.1, -0.05) is 30.3 Å². The van der Waals surface area contributed by atoms with Gasteiger partial charge < -0.3 is 29.6 Å². The fourth-order valence-electron chi connectivity index (χ4n) is 3.56. The second-order valence-corrected chi connectivity index (χ2v) is 8.16. The number of aromatic hydroxyl groups is 2. The van der Waals surface area contributed by atoms with E-state index in [9.17, 15) is 15.0 Å². The normalized spacial score (nSPS) is 13.4. The molecule has 8 nitrogen and oxygen atoms in total. The third-order valence-electron chi connectivity index (χ3n) is 4.98. The average molecular weight is 492 g/mol. The Morgan fingerprint density at radius 1 is 0.788 bits per heavy atom. The monoisotopic (exact) mass is 492 g/mol. The van der Waals surface area contributed by atoms with Crippen LogP contribution in [0.25, 0.3) is 0 Å². The number of ether oxygens (including phenoxy) is 1. The fourth-order valence-corrected chi connectivity index (χ4v) is 3.56. The fraction of sp³-hybridized carbons (Fsp3) is 0.136. The number of rotatable bonds is 2. The zero-order chi connectivity index (χ0) is 23.0. The van der Waals surface area contributed by atoms with Crippen LogP contribution in [0, 0.1) is 13.8 Å². The zero-order valence-corrected chi connectivity index (χ0v) is 17.6. The predicted octanol–water partition coefficient (Wildman–Crippen LogP) is 1.95. The molecule has 0 aliphatic carbocycles. The Kier molecular flexibility index (Phi) is 10.4. The molecule has 0 saturated heterocycles. The second kappa shape index (κ2) is 11.5. The van der Waals surface area contributed by atoms with Gasteiger partial charge in [-0.05, 0) is 55.3 Å². The maximum atomic E-state index is 12.6. The SMILES string of the molecule is Cc1cc(C2(c3ccc(O)c(C)c3)OC(=O)c3ccccc32)ccc1O.O=P(O)(O)O.[NaH].[NaH]. The van der Waals surface area contributed by atoms with Crippen LogP contribution < -0.4 is 0 Å². The van der Waals surface area contributed by atoms with Crippen LogP contribution in [0.3, 0.4) is 0 Å². The molecule has 3 aromatic rings. The van der Waals surface area contributed by atoms with E-state index in [2.05, 4.69) is 0 Å². The molecule has 5 N–H and O–H groups in total. The van der Waals surface area contributed by atoms with Crippen LogP contribution in [0.4, 0.5) is 0 Å². The first-order chi connectivity index (χ1) is 14.4. The Hall–Kier alpha value is -1.16. The second-order valence-electron chi connectivity index (χ2n) is 7.13. The van der Waals surface area contributed by atoms with Gasteiger partial charge in [0.1, 0.15) is 11.5 Å². The molecule has 33 heavy (non-hydrogen) atoms. The minimum atomic E-state index is -4.64. The van der Waals surface area contributed by atoms with Gasteiger partial charge in [0.15, 0.2) is 5.60 Å². The van der Waals surface area contributed by atoms with E-state index in [0.29, 0.717) is 16.7 Å². The van der Waals surface area contributed by atoms with Crippen LogP contribution in [0.1, 0.15) is 38.2 Å². The summed E-state index contributed by atoms with van der Waals surface area (Å²) in [5.41, 5.74) is 3.03. The maximum absolute atomic E-state index is 12.6. The molecule has 3 aromatic carbocycles. The molecule has 0 amide bonds. The van der Waals surface area contributed by atoms with Crippen LogP contribution in [0.15, 0.2) is 60.7 Å². The molecule has 166 valence electrons. The summed E-state index contributed by atoms with van der Waals surface area (Å²) >= 11 is 0. The summed E-state index contributed by atoms with van der Waals surface area (Å²) in [7, 11) is -4.64. The zero-order valence-electron chi connectivity index (χ0n) is 16.7. The Morgan fingerprint density at radius 3 is 1.64 bits per heavy atom. The van der Waals surface area contributed by atoms with Gasteiger partial charge in [0, 0.05) is 16.7 Å². The molecule has 4 rings (SSSR count). The van der Waals surface area contributed by atoms with E-state index in [1.54, 1.807) is 50.2 Å². The number of phenols is 2. The number of carbonyl (C=O) groups is 1. The summed E-state index contributed by atoms with van der Waals surface area (Å²) in [4.78, 5) is 34.2. The Labute approximate surface area is 235 Å². The van der Waals surface area contributed by atoms with Crippen molar-refractivity contribution >= 4 is 72.9 Å². The molecular weight excluding hydrogens is 469 g/mol. The van der Waals surface area contributed by atoms with Crippen molar-refractivity contribution in [3.05, 3.63) is 94.0 Å². The van der Waals surface area contributed by atoms with Gasteiger partial charge in [0.05, 0.1) is 5.56 Å². The summed E-state index contributed by atoms with van der Waals surface area (Å²) in [5, 5.41) is 19.9. The number of fused-ring (bicyclic) bond motifs is 1. The molecular formula is C22H23Na2O8P. The molecule has 1 heterocycles. The van der Waals surface area contributed by atoms with Crippen molar-refractivity contribution in [2.75, 3.05) is 0 Å². The van der Waals surface area contributed by atoms with Crippen molar-refractivity contribution in [1.29, 1.82) is 0 Å². The van der Waals surface area contributed by atoms with Crippen LogP contribution in [-0.2, 0) is 14.9 Å². The molecule has 0 fully saturated rings. The molecule has 0 bridgehead atoms. The molecule has 1 aliphatic rings. The molecule has 0 atom stereocenters. The van der Waals surface area contributed by atoms with Crippen molar-refractivity contribution in [2.24, 2.45) is 0 Å². The van der Waals surface area contributed by atoms with Crippen LogP contribution >= 0.6 is 7.82 Å². The number of aryl methyl sites for hydroxylation is 2. The summed E-state index contributed by atoms with van der Waals surface area (Å²) < 4.78 is 14.9. The van der Waals surface area contributed by atoms with E-state index >= 15 is 0 Å². The number of hydrogen-bond donors (Lipinski definition) is 5. The first kappa shape index (κ1) is 29.9. The standard InChI is InChI=1S/C22H18O4.2Na.H3O4P.2H/c1-13-11-15(7-9-19(13)23)22(16-8-10-20(24)14(2)12-16)18-6-4-3-5-17(18)21(25)26-22;;;1-5(2,3)4;;/h3-12,23-24H,1-2H3;;;(H3,1,2,3,4);;. The molecule has 1 aliphatic heterocycles. The van der Waals surface area contributed by atoms with Gasteiger partial charge in [-0.2, -0.15) is 0 Å². The van der Waals surface area contributed by atoms with E-state index in [-0.39, 0.29) is 70.6 Å². The third kappa shape index (κ3) is 6.50. The van der Waals surface area contributed by atoms with Crippen LogP contribution in [-0.4, -0.2) is 90.0 Å². The van der Waals surface area contributed by atoms with E-state index in [4.69, 9.17) is 24.0 Å². The molecule has 0 saturated carbocycles. The van der Waals surface area contributed by atoms with Gasteiger partial charge in [0.25, 0.3) is 0 Å². The molecule has 0 aromatic heterocycles. The van der Waals surface area contributed by atoms with Crippen molar-refractivity contribution in [2.45, 2.75) is 19.4 Å². The van der Waals surface area contributed by atoms with Crippen molar-refractivity contribution in [3.8, 4) is 11.5 Å². The van der Waals surface area contributed by atoms with Crippen LogP contribution in [0.5, 0.6) is 11.5 Å². The third-order valence-corrected chi connectivity index (χ3v) is 4.98. The Morgan fingerprint density at radius 2 is 1.21 bits per heavy atom. The summed E-state index contributed by atoms with van der Waals surface area (Å²) in [6, 6.07) is 17.7. The predicted molar refractivity (Wildman–Crippen MR) is 126 cm³/mol. The first-order valence-corrected chi connectivity index (χ1v) is 10.7. The van der Waals surface area contributed by atoms with E-state index in [0.717, 1.165) is 16.7 Å². The summed E-state index contributed by atoms with van der Waals surface area (Å²) in [6.45, 7) is 3.61. The average Bonchev–Trinajstić information content (AvgIpc) is 2.99. The van der Waals surface area contributed by atoms with Crippen molar-refractivity contribution in [3.63, 3.8) is 0 Å². The van der Waals surface area contributed by atoms with Crippen molar-refractivity contribution < 1.29 is 39.0 Å². The van der Waals surface area contributed by atoms with E-state index < -0.39 is 19.4 Å². The molecule has 0 unspecified atom stereocenters. The number of phenolic OH excluding ortho intramolecular Hbond substituents is 2. The number of esters is 1.